The Bertz CT molecular complexity index is 599. The van der Waals surface area contributed by atoms with Crippen molar-refractivity contribution in [1.82, 2.24) is 4.98 Å². The van der Waals surface area contributed by atoms with Crippen LogP contribution >= 0.6 is 0 Å². The van der Waals surface area contributed by atoms with Gasteiger partial charge in [-0.3, -0.25) is 4.98 Å². The highest BCUT2D eigenvalue weighted by molar-refractivity contribution is 7.90. The van der Waals surface area contributed by atoms with Crippen molar-refractivity contribution < 1.29 is 13.5 Å². The summed E-state index contributed by atoms with van der Waals surface area (Å²) in [5.41, 5.74) is -0.790. The topological polar surface area (TPSA) is 67.3 Å². The molecule has 0 fully saturated rings. The summed E-state index contributed by atoms with van der Waals surface area (Å²) in [6.45, 7) is 0. The summed E-state index contributed by atoms with van der Waals surface area (Å²) in [6.07, 6.45) is 2.63. The highest BCUT2D eigenvalue weighted by Gasteiger charge is 2.36. The van der Waals surface area contributed by atoms with Crippen molar-refractivity contribution in [3.8, 4) is 0 Å². The van der Waals surface area contributed by atoms with E-state index in [-0.39, 0.29) is 0 Å². The Morgan fingerprint density at radius 2 is 1.74 bits per heavy atom. The predicted octanol–water partition coefficient (Wildman–Crippen LogP) is 1.36. The van der Waals surface area contributed by atoms with Gasteiger partial charge in [-0.2, -0.15) is 0 Å². The maximum Gasteiger partial charge on any atom is 0.151 e. The van der Waals surface area contributed by atoms with E-state index in [1.165, 1.54) is 6.20 Å². The highest BCUT2D eigenvalue weighted by Crippen LogP contribution is 2.29. The van der Waals surface area contributed by atoms with Gasteiger partial charge in [0.25, 0.3) is 0 Å². The highest BCUT2D eigenvalue weighted by atomic mass is 32.2. The van der Waals surface area contributed by atoms with E-state index in [0.717, 1.165) is 6.26 Å². The molecule has 1 aromatic heterocycles. The molecule has 1 N–H and O–H groups in total. The summed E-state index contributed by atoms with van der Waals surface area (Å²) in [5, 5.41) is 10.8. The molecule has 2 aromatic rings. The lowest BCUT2D eigenvalue weighted by Crippen LogP contribution is -2.36. The third-order valence-corrected chi connectivity index (χ3v) is 3.75. The zero-order valence-corrected chi connectivity index (χ0v) is 11.3. The molecule has 5 heteroatoms. The van der Waals surface area contributed by atoms with Gasteiger partial charge in [-0.15, -0.1) is 0 Å². The standard InChI is InChI=1S/C14H15NO3S/c1-19(17,18)11-14(16,12-7-3-2-4-8-12)13-9-5-6-10-15-13/h2-10,16H,11H2,1H3. The van der Waals surface area contributed by atoms with Gasteiger partial charge in [-0.1, -0.05) is 36.4 Å². The molecule has 0 aliphatic carbocycles. The lowest BCUT2D eigenvalue weighted by atomic mass is 9.92. The van der Waals surface area contributed by atoms with E-state index in [4.69, 9.17) is 0 Å². The van der Waals surface area contributed by atoms with E-state index in [2.05, 4.69) is 4.98 Å². The molecule has 1 unspecified atom stereocenters. The van der Waals surface area contributed by atoms with Crippen molar-refractivity contribution in [2.75, 3.05) is 12.0 Å². The van der Waals surface area contributed by atoms with Gasteiger partial charge < -0.3 is 5.11 Å². The first-order chi connectivity index (χ1) is 8.92. The normalized spacial score (nSPS) is 14.8. The van der Waals surface area contributed by atoms with Gasteiger partial charge in [-0.05, 0) is 17.7 Å². The lowest BCUT2D eigenvalue weighted by Gasteiger charge is -2.27. The van der Waals surface area contributed by atoms with Crippen LogP contribution in [0.2, 0.25) is 0 Å². The molecule has 0 aliphatic heterocycles. The molecular formula is C14H15NO3S. The van der Waals surface area contributed by atoms with E-state index in [1.807, 2.05) is 6.07 Å². The van der Waals surface area contributed by atoms with Gasteiger partial charge >= 0.3 is 0 Å². The van der Waals surface area contributed by atoms with Crippen LogP contribution in [0.15, 0.2) is 54.7 Å². The average Bonchev–Trinajstić information content (AvgIpc) is 2.39. The Balaban J connectivity index is 2.57. The minimum absolute atomic E-state index is 0.326. The Morgan fingerprint density at radius 1 is 1.11 bits per heavy atom. The van der Waals surface area contributed by atoms with Crippen LogP contribution < -0.4 is 0 Å². The second kappa shape index (κ2) is 5.11. The smallest absolute Gasteiger partial charge is 0.151 e. The predicted molar refractivity (Wildman–Crippen MR) is 73.4 cm³/mol. The summed E-state index contributed by atoms with van der Waals surface area (Å²) >= 11 is 0. The third-order valence-electron chi connectivity index (χ3n) is 2.81. The summed E-state index contributed by atoms with van der Waals surface area (Å²) in [7, 11) is -3.37. The molecule has 0 radical (unpaired) electrons. The zero-order valence-electron chi connectivity index (χ0n) is 10.5. The van der Waals surface area contributed by atoms with E-state index in [0.29, 0.717) is 11.3 Å². The van der Waals surface area contributed by atoms with Crippen molar-refractivity contribution in [1.29, 1.82) is 0 Å². The minimum atomic E-state index is -3.37. The second-order valence-corrected chi connectivity index (χ2v) is 6.65. The van der Waals surface area contributed by atoms with Gasteiger partial charge in [0.15, 0.2) is 9.84 Å². The van der Waals surface area contributed by atoms with E-state index >= 15 is 0 Å². The Kier molecular flexibility index (Phi) is 3.68. The van der Waals surface area contributed by atoms with Crippen LogP contribution in [-0.2, 0) is 15.4 Å². The summed E-state index contributed by atoms with van der Waals surface area (Å²) in [5.74, 6) is -0.402. The van der Waals surface area contributed by atoms with Crippen molar-refractivity contribution in [3.05, 3.63) is 66.0 Å². The van der Waals surface area contributed by atoms with E-state index in [1.54, 1.807) is 42.5 Å². The fraction of sp³-hybridized carbons (Fsp3) is 0.214. The molecule has 1 heterocycles. The first-order valence-corrected chi connectivity index (χ1v) is 7.85. The number of rotatable bonds is 4. The monoisotopic (exact) mass is 277 g/mol. The second-order valence-electron chi connectivity index (χ2n) is 4.51. The van der Waals surface area contributed by atoms with Crippen molar-refractivity contribution in [2.45, 2.75) is 5.60 Å². The molecule has 0 saturated heterocycles. The molecule has 0 aliphatic rings. The number of hydrogen-bond donors (Lipinski definition) is 1. The van der Waals surface area contributed by atoms with Crippen LogP contribution in [-0.4, -0.2) is 30.5 Å². The molecule has 2 rings (SSSR count). The summed E-state index contributed by atoms with van der Waals surface area (Å²) in [4.78, 5) is 4.10. The van der Waals surface area contributed by atoms with Crippen LogP contribution in [0, 0.1) is 0 Å². The first-order valence-electron chi connectivity index (χ1n) is 5.79. The number of aromatic nitrogens is 1. The maximum absolute atomic E-state index is 11.6. The molecular weight excluding hydrogens is 262 g/mol. The van der Waals surface area contributed by atoms with Gasteiger partial charge in [0, 0.05) is 12.5 Å². The SMILES string of the molecule is CS(=O)(=O)CC(O)(c1ccccc1)c1ccccn1. The van der Waals surface area contributed by atoms with Crippen molar-refractivity contribution >= 4 is 9.84 Å². The third kappa shape index (κ3) is 3.19. The number of hydrogen-bond acceptors (Lipinski definition) is 4. The summed E-state index contributed by atoms with van der Waals surface area (Å²) in [6, 6.07) is 13.8. The average molecular weight is 277 g/mol. The quantitative estimate of drug-likeness (QED) is 0.916. The number of pyridine rings is 1. The van der Waals surface area contributed by atoms with Gasteiger partial charge in [0.1, 0.15) is 5.60 Å². The number of aliphatic hydroxyl groups is 1. The number of sulfone groups is 1. The van der Waals surface area contributed by atoms with E-state index < -0.39 is 21.2 Å². The number of benzene rings is 1. The molecule has 100 valence electrons. The van der Waals surface area contributed by atoms with Crippen molar-refractivity contribution in [2.24, 2.45) is 0 Å². The Hall–Kier alpha value is -1.72. The van der Waals surface area contributed by atoms with Crippen LogP contribution in [0.3, 0.4) is 0 Å². The minimum Gasteiger partial charge on any atom is -0.378 e. The molecule has 19 heavy (non-hydrogen) atoms. The van der Waals surface area contributed by atoms with Gasteiger partial charge in [0.2, 0.25) is 0 Å². The largest absolute Gasteiger partial charge is 0.378 e. The van der Waals surface area contributed by atoms with Gasteiger partial charge in [-0.25, -0.2) is 8.42 Å². The Labute approximate surface area is 112 Å². The molecule has 0 saturated carbocycles. The number of nitrogens with zero attached hydrogens (tertiary/aromatic N) is 1. The van der Waals surface area contributed by atoms with Crippen molar-refractivity contribution in [3.63, 3.8) is 0 Å². The molecule has 1 aromatic carbocycles. The van der Waals surface area contributed by atoms with Crippen LogP contribution in [0.4, 0.5) is 0 Å². The fourth-order valence-electron chi connectivity index (χ4n) is 2.01. The van der Waals surface area contributed by atoms with Gasteiger partial charge in [0.05, 0.1) is 11.4 Å². The molecule has 1 atom stereocenters. The first kappa shape index (κ1) is 13.7. The Morgan fingerprint density at radius 3 is 2.26 bits per heavy atom. The van der Waals surface area contributed by atoms with Crippen LogP contribution in [0.1, 0.15) is 11.3 Å². The molecule has 0 bridgehead atoms. The fourth-order valence-corrected chi connectivity index (χ4v) is 3.08. The lowest BCUT2D eigenvalue weighted by molar-refractivity contribution is 0.101. The molecule has 0 spiro atoms. The van der Waals surface area contributed by atoms with Crippen LogP contribution in [0.5, 0.6) is 0 Å². The van der Waals surface area contributed by atoms with E-state index in [9.17, 15) is 13.5 Å². The van der Waals surface area contributed by atoms with Crippen LogP contribution in [0.25, 0.3) is 0 Å². The zero-order chi connectivity index (χ0) is 13.9. The molecule has 0 amide bonds. The molecule has 4 nitrogen and oxygen atoms in total. The summed E-state index contributed by atoms with van der Waals surface area (Å²) < 4.78 is 23.2. The maximum atomic E-state index is 11.6.